The fourth-order valence-corrected chi connectivity index (χ4v) is 2.10. The zero-order valence-corrected chi connectivity index (χ0v) is 11.3. The Hall–Kier alpha value is -2.74. The van der Waals surface area contributed by atoms with Crippen molar-refractivity contribution in [3.8, 4) is 6.07 Å². The molecule has 5 heteroatoms. The van der Waals surface area contributed by atoms with E-state index in [0.29, 0.717) is 23.4 Å². The lowest BCUT2D eigenvalue weighted by Gasteiger charge is -2.10. The Morgan fingerprint density at radius 3 is 2.85 bits per heavy atom. The van der Waals surface area contributed by atoms with Gasteiger partial charge in [0.25, 0.3) is 0 Å². The van der Waals surface area contributed by atoms with Crippen molar-refractivity contribution in [2.24, 2.45) is 7.05 Å². The number of nitrogens with one attached hydrogen (secondary N) is 1. The average Bonchev–Trinajstić information content (AvgIpc) is 2.77. The highest BCUT2D eigenvalue weighted by molar-refractivity contribution is 5.91. The number of benzene rings is 1. The fourth-order valence-electron chi connectivity index (χ4n) is 2.10. The van der Waals surface area contributed by atoms with Crippen LogP contribution in [0.15, 0.2) is 30.5 Å². The van der Waals surface area contributed by atoms with Crippen molar-refractivity contribution in [1.29, 1.82) is 5.26 Å². The van der Waals surface area contributed by atoms with E-state index in [-0.39, 0.29) is 0 Å². The first-order chi connectivity index (χ1) is 9.52. The molecule has 0 bridgehead atoms. The second-order valence-electron chi connectivity index (χ2n) is 4.59. The van der Waals surface area contributed by atoms with Gasteiger partial charge in [-0.3, -0.25) is 0 Å². The third-order valence-corrected chi connectivity index (χ3v) is 3.22. The maximum Gasteiger partial charge on any atom is 0.336 e. The lowest BCUT2D eigenvalue weighted by molar-refractivity contribution is 0.0696. The van der Waals surface area contributed by atoms with Crippen molar-refractivity contribution in [2.45, 2.75) is 13.5 Å². The molecular weight excluding hydrogens is 254 g/mol. The maximum atomic E-state index is 11.1. The van der Waals surface area contributed by atoms with E-state index < -0.39 is 5.97 Å². The minimum absolute atomic E-state index is 0.292. The molecule has 0 aliphatic heterocycles. The van der Waals surface area contributed by atoms with Gasteiger partial charge < -0.3 is 15.0 Å². The van der Waals surface area contributed by atoms with Crippen LogP contribution < -0.4 is 5.32 Å². The molecule has 0 unspecified atom stereocenters. The number of aromatic carboxylic acids is 1. The summed E-state index contributed by atoms with van der Waals surface area (Å²) < 4.78 is 1.76. The van der Waals surface area contributed by atoms with Gasteiger partial charge in [-0.15, -0.1) is 0 Å². The number of carboxylic acid groups (broad SMARTS) is 1. The van der Waals surface area contributed by atoms with Gasteiger partial charge in [-0.25, -0.2) is 4.79 Å². The molecule has 0 atom stereocenters. The van der Waals surface area contributed by atoms with Crippen molar-refractivity contribution in [1.82, 2.24) is 4.57 Å². The number of anilines is 1. The smallest absolute Gasteiger partial charge is 0.336 e. The molecule has 102 valence electrons. The number of hydrogen-bond donors (Lipinski definition) is 2. The molecule has 2 aromatic rings. The van der Waals surface area contributed by atoms with Crippen LogP contribution in [0.2, 0.25) is 0 Å². The van der Waals surface area contributed by atoms with Crippen LogP contribution in [0.3, 0.4) is 0 Å². The molecule has 5 nitrogen and oxygen atoms in total. The van der Waals surface area contributed by atoms with Gasteiger partial charge in [0.1, 0.15) is 11.8 Å². The molecule has 1 aromatic carbocycles. The second kappa shape index (κ2) is 5.49. The molecule has 0 radical (unpaired) electrons. The van der Waals surface area contributed by atoms with Gasteiger partial charge in [-0.2, -0.15) is 5.26 Å². The molecular formula is C15H15N3O2. The number of carbonyl (C=O) groups is 1. The largest absolute Gasteiger partial charge is 0.478 e. The maximum absolute atomic E-state index is 11.1. The molecule has 20 heavy (non-hydrogen) atoms. The molecule has 0 fully saturated rings. The third-order valence-electron chi connectivity index (χ3n) is 3.22. The van der Waals surface area contributed by atoms with Gasteiger partial charge in [0.2, 0.25) is 0 Å². The van der Waals surface area contributed by atoms with Crippen LogP contribution in [0.25, 0.3) is 0 Å². The van der Waals surface area contributed by atoms with Gasteiger partial charge in [-0.1, -0.05) is 6.07 Å². The first-order valence-electron chi connectivity index (χ1n) is 6.15. The van der Waals surface area contributed by atoms with Gasteiger partial charge >= 0.3 is 5.97 Å². The molecule has 0 spiro atoms. The first kappa shape index (κ1) is 13.7. The van der Waals surface area contributed by atoms with E-state index >= 15 is 0 Å². The van der Waals surface area contributed by atoms with Crippen LogP contribution in [0, 0.1) is 18.3 Å². The molecule has 2 N–H and O–H groups in total. The topological polar surface area (TPSA) is 78.0 Å². The average molecular weight is 269 g/mol. The van der Waals surface area contributed by atoms with Crippen molar-refractivity contribution in [2.75, 3.05) is 5.32 Å². The van der Waals surface area contributed by atoms with Gasteiger partial charge in [0.05, 0.1) is 5.56 Å². The van der Waals surface area contributed by atoms with E-state index in [1.54, 1.807) is 23.6 Å². The molecule has 0 saturated heterocycles. The standard InChI is InChI=1S/C15H15N3O2/c1-10-13(15(19)20)4-3-5-14(10)17-8-11-6-12(7-16)18(2)9-11/h3-6,9,17H,8H2,1-2H3,(H,19,20). The molecule has 1 heterocycles. The van der Waals surface area contributed by atoms with E-state index in [2.05, 4.69) is 11.4 Å². The summed E-state index contributed by atoms with van der Waals surface area (Å²) in [5.74, 6) is -0.933. The van der Waals surface area contributed by atoms with E-state index in [4.69, 9.17) is 10.4 Å². The fraction of sp³-hybridized carbons (Fsp3) is 0.200. The van der Waals surface area contributed by atoms with Gasteiger partial charge in [-0.05, 0) is 36.2 Å². The summed E-state index contributed by atoms with van der Waals surface area (Å²) in [6.07, 6.45) is 1.88. The van der Waals surface area contributed by atoms with Crippen LogP contribution in [0.4, 0.5) is 5.69 Å². The number of aryl methyl sites for hydroxylation is 1. The monoisotopic (exact) mass is 269 g/mol. The Kier molecular flexibility index (Phi) is 3.76. The quantitative estimate of drug-likeness (QED) is 0.894. The summed E-state index contributed by atoms with van der Waals surface area (Å²) in [7, 11) is 1.82. The van der Waals surface area contributed by atoms with Crippen molar-refractivity contribution < 1.29 is 9.90 Å². The summed E-state index contributed by atoms with van der Waals surface area (Å²) in [6, 6.07) is 9.05. The molecule has 0 aliphatic carbocycles. The minimum atomic E-state index is -0.933. The highest BCUT2D eigenvalue weighted by atomic mass is 16.4. The SMILES string of the molecule is Cc1c(NCc2cc(C#N)n(C)c2)cccc1C(=O)O. The van der Waals surface area contributed by atoms with Crippen LogP contribution >= 0.6 is 0 Å². The minimum Gasteiger partial charge on any atom is -0.478 e. The van der Waals surface area contributed by atoms with Crippen molar-refractivity contribution in [3.05, 3.63) is 52.8 Å². The van der Waals surface area contributed by atoms with E-state index in [9.17, 15) is 4.79 Å². The Morgan fingerprint density at radius 2 is 2.25 bits per heavy atom. The Labute approximate surface area is 117 Å². The van der Waals surface area contributed by atoms with Crippen molar-refractivity contribution in [3.63, 3.8) is 0 Å². The number of carboxylic acids is 1. The van der Waals surface area contributed by atoms with Gasteiger partial charge in [0, 0.05) is 25.5 Å². The Morgan fingerprint density at radius 1 is 1.50 bits per heavy atom. The molecule has 0 amide bonds. The second-order valence-corrected chi connectivity index (χ2v) is 4.59. The normalized spacial score (nSPS) is 10.1. The predicted molar refractivity (Wildman–Crippen MR) is 75.6 cm³/mol. The first-order valence-corrected chi connectivity index (χ1v) is 6.15. The summed E-state index contributed by atoms with van der Waals surface area (Å²) in [4.78, 5) is 11.1. The highest BCUT2D eigenvalue weighted by Gasteiger charge is 2.10. The number of nitrogens with zero attached hydrogens (tertiary/aromatic N) is 2. The number of nitriles is 1. The number of hydrogen-bond acceptors (Lipinski definition) is 3. The zero-order valence-electron chi connectivity index (χ0n) is 11.3. The Bertz CT molecular complexity index is 696. The molecule has 2 rings (SSSR count). The van der Waals surface area contributed by atoms with E-state index in [1.165, 1.54) is 0 Å². The van der Waals surface area contributed by atoms with E-state index in [0.717, 1.165) is 11.3 Å². The summed E-state index contributed by atoms with van der Waals surface area (Å²) in [5, 5.41) is 21.2. The van der Waals surface area contributed by atoms with Crippen LogP contribution in [0.1, 0.15) is 27.2 Å². The highest BCUT2D eigenvalue weighted by Crippen LogP contribution is 2.20. The predicted octanol–water partition coefficient (Wildman–Crippen LogP) is 2.52. The van der Waals surface area contributed by atoms with Crippen LogP contribution in [0.5, 0.6) is 0 Å². The Balaban J connectivity index is 2.17. The summed E-state index contributed by atoms with van der Waals surface area (Å²) in [6.45, 7) is 2.32. The van der Waals surface area contributed by atoms with E-state index in [1.807, 2.05) is 25.4 Å². The lowest BCUT2D eigenvalue weighted by atomic mass is 10.1. The zero-order chi connectivity index (χ0) is 14.7. The number of aromatic nitrogens is 1. The van der Waals surface area contributed by atoms with Gasteiger partial charge in [0.15, 0.2) is 0 Å². The summed E-state index contributed by atoms with van der Waals surface area (Å²) >= 11 is 0. The molecule has 0 aliphatic rings. The molecule has 0 saturated carbocycles. The summed E-state index contributed by atoms with van der Waals surface area (Å²) in [5.41, 5.74) is 3.35. The lowest BCUT2D eigenvalue weighted by Crippen LogP contribution is -2.05. The molecule has 1 aromatic heterocycles. The van der Waals surface area contributed by atoms with Crippen molar-refractivity contribution >= 4 is 11.7 Å². The van der Waals surface area contributed by atoms with Crippen LogP contribution in [-0.2, 0) is 13.6 Å². The third kappa shape index (κ3) is 2.64. The number of rotatable bonds is 4. The van der Waals surface area contributed by atoms with Crippen LogP contribution in [-0.4, -0.2) is 15.6 Å².